The first kappa shape index (κ1) is 105. The van der Waals surface area contributed by atoms with Crippen molar-refractivity contribution in [3.63, 3.8) is 0 Å². The van der Waals surface area contributed by atoms with Gasteiger partial charge in [0.15, 0.2) is 11.6 Å². The smallest absolute Gasteiger partial charge is 0.341 e. The van der Waals surface area contributed by atoms with Gasteiger partial charge in [-0.3, -0.25) is 0 Å². The fourth-order valence-electron chi connectivity index (χ4n) is 12.3. The van der Waals surface area contributed by atoms with Gasteiger partial charge in [0, 0.05) is 51.0 Å². The van der Waals surface area contributed by atoms with Gasteiger partial charge in [-0.25, -0.2) is 61.5 Å². The Morgan fingerprint density at radius 1 is 0.216 bits per heavy atom. The Labute approximate surface area is 805 Å². The summed E-state index contributed by atoms with van der Waals surface area (Å²) in [6.07, 6.45) is 0.654. The molecule has 12 aromatic carbocycles. The van der Waals surface area contributed by atoms with E-state index in [0.717, 1.165) is 83.5 Å². The first-order chi connectivity index (χ1) is 66.4. The summed E-state index contributed by atoms with van der Waals surface area (Å²) in [5.74, 6) is -6.19. The third-order valence-corrected chi connectivity index (χ3v) is 19.9. The van der Waals surface area contributed by atoms with E-state index < -0.39 is 71.3 Å². The second-order valence-corrected chi connectivity index (χ2v) is 31.6. The van der Waals surface area contributed by atoms with E-state index in [4.69, 9.17) is 52.1 Å². The van der Waals surface area contributed by atoms with E-state index in [0.29, 0.717) is 74.8 Å². The van der Waals surface area contributed by atoms with Crippen LogP contribution in [0.3, 0.4) is 0 Å². The number of rotatable bonds is 35. The molecular formula is C115H102F2O22. The number of halogens is 2. The molecular weight excluding hydrogens is 1770 g/mol. The lowest BCUT2D eigenvalue weighted by molar-refractivity contribution is -0.140. The number of carbonyl (C=O) groups excluding carboxylic acids is 11. The highest BCUT2D eigenvalue weighted by Gasteiger charge is 2.20. The van der Waals surface area contributed by atoms with Crippen LogP contribution in [0.25, 0.3) is 89.0 Å². The highest BCUT2D eigenvalue weighted by atomic mass is 19.1. The predicted octanol–water partition coefficient (Wildman–Crippen LogP) is 23.8. The van der Waals surface area contributed by atoms with Crippen LogP contribution >= 0.6 is 0 Å². The number of esters is 11. The zero-order valence-corrected chi connectivity index (χ0v) is 78.1. The van der Waals surface area contributed by atoms with Crippen LogP contribution in [0.2, 0.25) is 0 Å². The molecule has 0 radical (unpaired) electrons. The van der Waals surface area contributed by atoms with Gasteiger partial charge < -0.3 is 52.1 Å². The number of carbonyl (C=O) groups is 11. The summed E-state index contributed by atoms with van der Waals surface area (Å²) >= 11 is 0. The quantitative estimate of drug-likeness (QED) is 0.0117. The molecule has 0 atom stereocenters. The molecule has 0 spiro atoms. The molecule has 0 bridgehead atoms. The van der Waals surface area contributed by atoms with Crippen molar-refractivity contribution in [1.29, 1.82) is 0 Å². The lowest BCUT2D eigenvalue weighted by atomic mass is 9.98. The Morgan fingerprint density at radius 3 is 0.719 bits per heavy atom. The molecule has 12 rings (SSSR count). The number of hydrogen-bond acceptors (Lipinski definition) is 22. The van der Waals surface area contributed by atoms with Crippen LogP contribution in [-0.2, 0) is 77.9 Å². The molecule has 22 nitrogen and oxygen atoms in total. The summed E-state index contributed by atoms with van der Waals surface area (Å²) in [5, 5.41) is 0. The van der Waals surface area contributed by atoms with Crippen molar-refractivity contribution < 1.29 is 114 Å². The second kappa shape index (κ2) is 51.7. The molecule has 708 valence electrons. The Balaban J connectivity index is 0.000000207. The molecule has 0 aliphatic heterocycles. The van der Waals surface area contributed by atoms with Crippen LogP contribution in [0.15, 0.2) is 376 Å². The van der Waals surface area contributed by atoms with Crippen molar-refractivity contribution >= 4 is 65.7 Å². The fourth-order valence-corrected chi connectivity index (χ4v) is 12.3. The molecule has 139 heavy (non-hydrogen) atoms. The molecule has 0 N–H and O–H groups in total. The summed E-state index contributed by atoms with van der Waals surface area (Å²) in [6.45, 7) is 40.5. The summed E-state index contributed by atoms with van der Waals surface area (Å²) in [5.41, 5.74) is 18.3. The van der Waals surface area contributed by atoms with Crippen LogP contribution < -0.4 is 18.9 Å². The summed E-state index contributed by atoms with van der Waals surface area (Å²) in [7, 11) is 0. The third-order valence-electron chi connectivity index (χ3n) is 19.9. The highest BCUT2D eigenvalue weighted by molar-refractivity contribution is 5.95. The number of ether oxygens (including phenoxy) is 11. The molecule has 0 aliphatic carbocycles. The van der Waals surface area contributed by atoms with Gasteiger partial charge in [-0.1, -0.05) is 222 Å². The first-order valence-electron chi connectivity index (χ1n) is 43.3. The van der Waals surface area contributed by atoms with Gasteiger partial charge in [0.25, 0.3) is 0 Å². The van der Waals surface area contributed by atoms with E-state index in [1.807, 2.05) is 146 Å². The topological polar surface area (TPSA) is 289 Å². The SMILES string of the molecule is C=C(C)C(=O)OCCOC(=O)c1ccc(-c2cccc(-c3ccc(OC(=O)C(=C)C)c(F)c3)c2)cc1.C=C(C)C(=O)OCCOC(=O)c1ccc(-c2cccc(-c3ccc(OC(=O)C(=C)C)cc3)c2)cc1.C=C(C)C(=O)OCCOC(=O)c1ccc(-c2cccc(-c3ccc(OC(=O)C(=C)C)cc3)c2)cc1F.C=C(C)C(=O)OCCc1ccc(-c2cccc(-c3ccc(OC(=O)C(=C)C)cc3)c2)cc1. The van der Waals surface area contributed by atoms with E-state index in [1.165, 1.54) is 45.0 Å². The lowest BCUT2D eigenvalue weighted by Crippen LogP contribution is -2.15. The monoisotopic (exact) mass is 1870 g/mol. The van der Waals surface area contributed by atoms with Crippen molar-refractivity contribution in [1.82, 2.24) is 0 Å². The third kappa shape index (κ3) is 32.7. The van der Waals surface area contributed by atoms with E-state index in [9.17, 15) is 61.5 Å². The van der Waals surface area contributed by atoms with E-state index >= 15 is 0 Å². The Kier molecular flexibility index (Phi) is 39.2. The van der Waals surface area contributed by atoms with Gasteiger partial charge in [0.05, 0.1) is 23.3 Å². The molecule has 0 fully saturated rings. The van der Waals surface area contributed by atoms with Gasteiger partial charge in [-0.15, -0.1) is 0 Å². The van der Waals surface area contributed by atoms with Gasteiger partial charge in [-0.05, 0) is 259 Å². The molecule has 12 aromatic rings. The van der Waals surface area contributed by atoms with Gasteiger partial charge >= 0.3 is 65.7 Å². The van der Waals surface area contributed by atoms with Crippen LogP contribution in [0.5, 0.6) is 23.0 Å². The maximum absolute atomic E-state index is 14.7. The van der Waals surface area contributed by atoms with Crippen LogP contribution in [-0.4, -0.2) is 112 Å². The predicted molar refractivity (Wildman–Crippen MR) is 529 cm³/mol. The van der Waals surface area contributed by atoms with Gasteiger partial charge in [-0.2, -0.15) is 0 Å². The molecule has 0 aliphatic rings. The van der Waals surface area contributed by atoms with Crippen LogP contribution in [0.1, 0.15) is 92.0 Å². The zero-order valence-electron chi connectivity index (χ0n) is 78.1. The van der Waals surface area contributed by atoms with Crippen molar-refractivity contribution in [3.05, 3.63) is 410 Å². The van der Waals surface area contributed by atoms with Gasteiger partial charge in [0.1, 0.15) is 62.7 Å². The minimum Gasteiger partial charge on any atom is -0.462 e. The standard InChI is InChI=1S/2C29H25FO6.C29H26O6.C28H26O4/c1-18(2)27(31)34-14-15-35-29(33)25-13-10-23(17-26(25)30)22-7-5-6-21(16-22)20-8-11-24(12-9-20)36-28(32)19(3)4;1-18(2)27(31)34-14-15-35-29(33)21-10-8-20(9-11-21)22-6-5-7-23(16-22)24-12-13-26(25(30)17-24)36-28(32)19(3)4;1-19(2)27(30)33-16-17-34-29(32)23-10-8-21(9-11-23)24-6-5-7-25(18-24)22-12-14-26(15-13-22)35-28(31)20(3)4;1-19(2)27(29)31-17-16-21-8-10-22(11-9-21)24-6-5-7-25(18-24)23-12-14-26(15-13-23)32-28(30)20(3)4/h2*5-13,16-17H,1,3,14-15H2,2,4H3;5-15,18H,1,3,16-17H2,2,4H3;5-15,18H,1,3,16-17H2,2,4H3. The molecule has 0 heterocycles. The van der Waals surface area contributed by atoms with E-state index in [1.54, 1.807) is 120 Å². The van der Waals surface area contributed by atoms with Crippen molar-refractivity contribution in [3.8, 4) is 112 Å². The molecule has 0 unspecified atom stereocenters. The Morgan fingerprint density at radius 2 is 0.439 bits per heavy atom. The fraction of sp³-hybridized carbons (Fsp3) is 0.139. The zero-order chi connectivity index (χ0) is 101. The largest absolute Gasteiger partial charge is 0.462 e. The first-order valence-corrected chi connectivity index (χ1v) is 43.3. The van der Waals surface area contributed by atoms with Crippen molar-refractivity contribution in [2.75, 3.05) is 46.2 Å². The van der Waals surface area contributed by atoms with Crippen molar-refractivity contribution in [2.24, 2.45) is 0 Å². The average molecular weight is 1870 g/mol. The van der Waals surface area contributed by atoms with Crippen molar-refractivity contribution in [2.45, 2.75) is 61.8 Å². The summed E-state index contributed by atoms with van der Waals surface area (Å²) < 4.78 is 85.0. The minimum atomic E-state index is -0.855. The average Bonchev–Trinajstić information content (AvgIpc) is 0.828. The molecule has 0 amide bonds. The molecule has 0 aromatic heterocycles. The number of hydrogen-bond donors (Lipinski definition) is 0. The normalized spacial score (nSPS) is 10.3. The van der Waals surface area contributed by atoms with E-state index in [2.05, 4.69) is 76.9 Å². The maximum Gasteiger partial charge on any atom is 0.341 e. The lowest BCUT2D eigenvalue weighted by Gasteiger charge is -2.10. The summed E-state index contributed by atoms with van der Waals surface area (Å²) in [4.78, 5) is 129. The Bertz CT molecular complexity index is 6640. The van der Waals surface area contributed by atoms with E-state index in [-0.39, 0.29) is 79.2 Å². The van der Waals surface area contributed by atoms with Crippen LogP contribution in [0, 0.1) is 11.6 Å². The molecule has 24 heteroatoms. The minimum absolute atomic E-state index is 0.0282. The maximum atomic E-state index is 14.7. The van der Waals surface area contributed by atoms with Gasteiger partial charge in [0.2, 0.25) is 0 Å². The second-order valence-electron chi connectivity index (χ2n) is 31.6. The highest BCUT2D eigenvalue weighted by Crippen LogP contribution is 2.35. The summed E-state index contributed by atoms with van der Waals surface area (Å²) in [6, 6.07) is 83.5. The number of benzene rings is 12. The Hall–Kier alpha value is -17.4. The molecule has 0 saturated carbocycles. The molecule has 0 saturated heterocycles. The van der Waals surface area contributed by atoms with Crippen LogP contribution in [0.4, 0.5) is 8.78 Å².